The van der Waals surface area contributed by atoms with Crippen molar-refractivity contribution in [3.05, 3.63) is 0 Å². The number of thioether (sulfide) groups is 1. The van der Waals surface area contributed by atoms with Gasteiger partial charge in [0.1, 0.15) is 0 Å². The molecule has 1 aromatic rings. The minimum Gasteiger partial charge on any atom is -0.368 e. The smallest absolute Gasteiger partial charge is 0.236 e. The number of amides is 2. The molecule has 0 spiro atoms. The summed E-state index contributed by atoms with van der Waals surface area (Å²) in [6, 6.07) is 0. The van der Waals surface area contributed by atoms with E-state index in [2.05, 4.69) is 27.8 Å². The molecule has 0 aliphatic heterocycles. The van der Waals surface area contributed by atoms with Gasteiger partial charge in [0, 0.05) is 6.54 Å². The van der Waals surface area contributed by atoms with E-state index in [0.29, 0.717) is 4.34 Å². The van der Waals surface area contributed by atoms with Crippen LogP contribution in [0, 0.1) is 0 Å². The van der Waals surface area contributed by atoms with E-state index in [-0.39, 0.29) is 18.2 Å². The number of nitrogens with two attached hydrogens (primary N) is 1. The van der Waals surface area contributed by atoms with Crippen LogP contribution in [-0.2, 0) is 9.59 Å². The molecule has 0 saturated heterocycles. The normalized spacial score (nSPS) is 10.1. The second-order valence-electron chi connectivity index (χ2n) is 3.33. The lowest BCUT2D eigenvalue weighted by atomic mass is 10.5. The van der Waals surface area contributed by atoms with E-state index in [1.165, 1.54) is 23.1 Å². The zero-order valence-electron chi connectivity index (χ0n) is 9.93. The molecule has 0 radical (unpaired) electrons. The van der Waals surface area contributed by atoms with Crippen molar-refractivity contribution in [3.8, 4) is 0 Å². The first-order chi connectivity index (χ1) is 8.61. The summed E-state index contributed by atoms with van der Waals surface area (Å²) in [6.45, 7) is 2.77. The van der Waals surface area contributed by atoms with Crippen molar-refractivity contribution >= 4 is 40.0 Å². The van der Waals surface area contributed by atoms with E-state index >= 15 is 0 Å². The van der Waals surface area contributed by atoms with Crippen molar-refractivity contribution in [1.29, 1.82) is 0 Å². The average molecular weight is 289 g/mol. The van der Waals surface area contributed by atoms with Crippen LogP contribution in [0.15, 0.2) is 4.34 Å². The molecule has 0 aliphatic rings. The molecule has 1 heterocycles. The van der Waals surface area contributed by atoms with Gasteiger partial charge in [-0.3, -0.25) is 9.59 Å². The van der Waals surface area contributed by atoms with Crippen LogP contribution in [0.25, 0.3) is 0 Å². The van der Waals surface area contributed by atoms with Crippen LogP contribution in [-0.4, -0.2) is 40.9 Å². The number of anilines is 1. The Morgan fingerprint density at radius 2 is 2.22 bits per heavy atom. The summed E-state index contributed by atoms with van der Waals surface area (Å²) < 4.78 is 0.711. The summed E-state index contributed by atoms with van der Waals surface area (Å²) >= 11 is 2.67. The van der Waals surface area contributed by atoms with Crippen molar-refractivity contribution in [3.63, 3.8) is 0 Å². The zero-order chi connectivity index (χ0) is 13.4. The molecule has 9 heteroatoms. The number of nitrogens with one attached hydrogen (secondary N) is 2. The number of hydrogen-bond acceptors (Lipinski definition) is 7. The predicted octanol–water partition coefficient (Wildman–Crippen LogP) is 0.0536. The summed E-state index contributed by atoms with van der Waals surface area (Å²) in [5.74, 6) is -0.622. The highest BCUT2D eigenvalue weighted by Crippen LogP contribution is 2.24. The fourth-order valence-electron chi connectivity index (χ4n) is 0.935. The van der Waals surface area contributed by atoms with Crippen molar-refractivity contribution in [2.45, 2.75) is 17.7 Å². The maximum absolute atomic E-state index is 11.3. The highest BCUT2D eigenvalue weighted by atomic mass is 32.2. The molecule has 0 aromatic carbocycles. The van der Waals surface area contributed by atoms with E-state index in [9.17, 15) is 9.59 Å². The van der Waals surface area contributed by atoms with Gasteiger partial charge < -0.3 is 16.4 Å². The Morgan fingerprint density at radius 3 is 2.89 bits per heavy atom. The van der Waals surface area contributed by atoms with E-state index in [0.717, 1.165) is 18.1 Å². The first kappa shape index (κ1) is 14.7. The Morgan fingerprint density at radius 1 is 1.44 bits per heavy atom. The van der Waals surface area contributed by atoms with Crippen LogP contribution in [0.3, 0.4) is 0 Å². The van der Waals surface area contributed by atoms with Crippen LogP contribution < -0.4 is 16.4 Å². The van der Waals surface area contributed by atoms with Gasteiger partial charge in [0.05, 0.1) is 12.3 Å². The fraction of sp³-hybridized carbons (Fsp3) is 0.556. The van der Waals surface area contributed by atoms with Gasteiger partial charge in [-0.2, -0.15) is 0 Å². The Kier molecular flexibility index (Phi) is 6.44. The quantitative estimate of drug-likeness (QED) is 0.583. The average Bonchev–Trinajstić information content (AvgIpc) is 2.79. The first-order valence-corrected chi connectivity index (χ1v) is 7.17. The Bertz CT molecular complexity index is 409. The molecule has 2 amide bonds. The van der Waals surface area contributed by atoms with E-state index in [1.54, 1.807) is 0 Å². The lowest BCUT2D eigenvalue weighted by Crippen LogP contribution is -2.34. The van der Waals surface area contributed by atoms with Gasteiger partial charge in [0.25, 0.3) is 0 Å². The van der Waals surface area contributed by atoms with Gasteiger partial charge in [0.15, 0.2) is 4.34 Å². The fourth-order valence-corrected chi connectivity index (χ4v) is 2.54. The van der Waals surface area contributed by atoms with Crippen molar-refractivity contribution in [2.75, 3.05) is 24.2 Å². The number of carbonyl (C=O) groups is 2. The Hall–Kier alpha value is -1.35. The maximum atomic E-state index is 11.3. The predicted molar refractivity (Wildman–Crippen MR) is 71.6 cm³/mol. The molecule has 18 heavy (non-hydrogen) atoms. The third-order valence-electron chi connectivity index (χ3n) is 1.72. The number of carbonyl (C=O) groups excluding carboxylic acids is 2. The van der Waals surface area contributed by atoms with Gasteiger partial charge in [-0.1, -0.05) is 30.0 Å². The zero-order valence-corrected chi connectivity index (χ0v) is 11.6. The molecule has 0 bridgehead atoms. The summed E-state index contributed by atoms with van der Waals surface area (Å²) in [7, 11) is 0. The van der Waals surface area contributed by atoms with Crippen LogP contribution >= 0.6 is 23.1 Å². The molecule has 7 nitrogen and oxygen atoms in total. The highest BCUT2D eigenvalue weighted by molar-refractivity contribution is 8.01. The van der Waals surface area contributed by atoms with E-state index in [1.807, 2.05) is 0 Å². The second-order valence-corrected chi connectivity index (χ2v) is 5.53. The molecular formula is C9H15N5O2S2. The van der Waals surface area contributed by atoms with Crippen molar-refractivity contribution in [1.82, 2.24) is 15.5 Å². The monoisotopic (exact) mass is 289 g/mol. The molecule has 0 atom stereocenters. The largest absolute Gasteiger partial charge is 0.368 e. The lowest BCUT2D eigenvalue weighted by Gasteiger charge is -2.00. The van der Waals surface area contributed by atoms with Crippen molar-refractivity contribution in [2.24, 2.45) is 5.73 Å². The number of hydrogen-bond donors (Lipinski definition) is 3. The molecule has 1 rings (SSSR count). The molecule has 0 unspecified atom stereocenters. The van der Waals surface area contributed by atoms with Crippen molar-refractivity contribution < 1.29 is 9.59 Å². The molecular weight excluding hydrogens is 274 g/mol. The molecule has 1 aromatic heterocycles. The molecule has 4 N–H and O–H groups in total. The number of primary amides is 1. The van der Waals surface area contributed by atoms with Crippen LogP contribution in [0.4, 0.5) is 5.13 Å². The maximum Gasteiger partial charge on any atom is 0.236 e. The molecule has 0 fully saturated rings. The molecule has 0 aliphatic carbocycles. The Labute approximate surface area is 113 Å². The van der Waals surface area contributed by atoms with E-state index in [4.69, 9.17) is 5.73 Å². The van der Waals surface area contributed by atoms with Crippen LogP contribution in [0.1, 0.15) is 13.3 Å². The van der Waals surface area contributed by atoms with Gasteiger partial charge >= 0.3 is 0 Å². The van der Waals surface area contributed by atoms with Gasteiger partial charge in [-0.25, -0.2) is 0 Å². The minimum atomic E-state index is -0.560. The number of rotatable bonds is 8. The number of nitrogens with zero attached hydrogens (tertiary/aromatic N) is 2. The van der Waals surface area contributed by atoms with Gasteiger partial charge in [-0.05, 0) is 6.42 Å². The lowest BCUT2D eigenvalue weighted by molar-refractivity contribution is -0.123. The standard InChI is InChI=1S/C9H15N5O2S2/c1-2-3-11-8-13-14-9(18-8)17-5-7(16)12-4-6(10)15/h2-5H2,1H3,(H2,10,15)(H,11,13)(H,12,16). The first-order valence-electron chi connectivity index (χ1n) is 5.37. The topological polar surface area (TPSA) is 110 Å². The SMILES string of the molecule is CCCNc1nnc(SCC(=O)NCC(N)=O)s1. The molecule has 100 valence electrons. The van der Waals surface area contributed by atoms with Gasteiger partial charge in [-0.15, -0.1) is 10.2 Å². The second kappa shape index (κ2) is 7.88. The summed E-state index contributed by atoms with van der Waals surface area (Å²) in [5, 5.41) is 14.1. The Balaban J connectivity index is 2.28. The van der Waals surface area contributed by atoms with Gasteiger partial charge in [0.2, 0.25) is 16.9 Å². The van der Waals surface area contributed by atoms with Crippen LogP contribution in [0.5, 0.6) is 0 Å². The minimum absolute atomic E-state index is 0.140. The van der Waals surface area contributed by atoms with Crippen LogP contribution in [0.2, 0.25) is 0 Å². The highest BCUT2D eigenvalue weighted by Gasteiger charge is 2.08. The van der Waals surface area contributed by atoms with E-state index < -0.39 is 5.91 Å². The molecule has 0 saturated carbocycles. The summed E-state index contributed by atoms with van der Waals surface area (Å²) in [5.41, 5.74) is 4.91. The third-order valence-corrected chi connectivity index (χ3v) is 3.73. The summed E-state index contributed by atoms with van der Waals surface area (Å²) in [6.07, 6.45) is 1.01. The third kappa shape index (κ3) is 5.82. The summed E-state index contributed by atoms with van der Waals surface area (Å²) in [4.78, 5) is 21.8. The number of aromatic nitrogens is 2.